The van der Waals surface area contributed by atoms with E-state index in [0.29, 0.717) is 42.3 Å². The third-order valence-electron chi connectivity index (χ3n) is 5.91. The average Bonchev–Trinajstić information content (AvgIpc) is 3.55. The number of nitrogens with one attached hydrogen (secondary N) is 2. The van der Waals surface area contributed by atoms with E-state index in [9.17, 15) is 0 Å². The van der Waals surface area contributed by atoms with Gasteiger partial charge < -0.3 is 29.4 Å². The molecule has 0 radical (unpaired) electrons. The van der Waals surface area contributed by atoms with E-state index in [2.05, 4.69) is 30.5 Å². The van der Waals surface area contributed by atoms with E-state index in [1.54, 1.807) is 19.4 Å². The number of rotatable bonds is 11. The van der Waals surface area contributed by atoms with Crippen LogP contribution in [0.5, 0.6) is 11.5 Å². The van der Waals surface area contributed by atoms with Crippen molar-refractivity contribution in [2.45, 2.75) is 25.8 Å². The van der Waals surface area contributed by atoms with E-state index in [-0.39, 0.29) is 0 Å². The maximum absolute atomic E-state index is 6.04. The summed E-state index contributed by atoms with van der Waals surface area (Å²) in [6, 6.07) is 15.2. The summed E-state index contributed by atoms with van der Waals surface area (Å²) in [5.41, 5.74) is 2.42. The minimum Gasteiger partial charge on any atom is -0.493 e. The van der Waals surface area contributed by atoms with Crippen LogP contribution in [0.3, 0.4) is 0 Å². The lowest BCUT2D eigenvalue weighted by Crippen LogP contribution is -2.21. The van der Waals surface area contributed by atoms with Gasteiger partial charge in [-0.2, -0.15) is 4.98 Å². The van der Waals surface area contributed by atoms with Gasteiger partial charge >= 0.3 is 0 Å². The summed E-state index contributed by atoms with van der Waals surface area (Å²) in [7, 11) is 1.65. The summed E-state index contributed by atoms with van der Waals surface area (Å²) in [6.07, 6.45) is 5.29. The number of likely N-dealkylation sites (tertiary alicyclic amines) is 1. The summed E-state index contributed by atoms with van der Waals surface area (Å²) in [5.74, 6) is 3.13. The lowest BCUT2D eigenvalue weighted by molar-refractivity contribution is 0.254. The molecule has 35 heavy (non-hydrogen) atoms. The van der Waals surface area contributed by atoms with Crippen molar-refractivity contribution in [2.24, 2.45) is 0 Å². The van der Waals surface area contributed by atoms with Crippen LogP contribution in [0, 0.1) is 0 Å². The van der Waals surface area contributed by atoms with Gasteiger partial charge in [0.25, 0.3) is 0 Å². The molecule has 1 saturated heterocycles. The Bertz CT molecular complexity index is 1220. The van der Waals surface area contributed by atoms with Crippen molar-refractivity contribution >= 4 is 28.6 Å². The first kappa shape index (κ1) is 22.9. The predicted octanol–water partition coefficient (Wildman–Crippen LogP) is 4.85. The molecule has 9 nitrogen and oxygen atoms in total. The van der Waals surface area contributed by atoms with Crippen LogP contribution < -0.4 is 20.1 Å². The fourth-order valence-corrected chi connectivity index (χ4v) is 4.15. The van der Waals surface area contributed by atoms with Crippen LogP contribution in [-0.4, -0.2) is 53.2 Å². The second-order valence-electron chi connectivity index (χ2n) is 8.44. The van der Waals surface area contributed by atoms with Gasteiger partial charge in [0.15, 0.2) is 17.1 Å². The number of fused-ring (bicyclic) bond motifs is 1. The maximum Gasteiger partial charge on any atom is 0.229 e. The molecule has 0 amide bonds. The molecule has 182 valence electrons. The van der Waals surface area contributed by atoms with Gasteiger partial charge in [0.1, 0.15) is 11.3 Å². The first-order chi connectivity index (χ1) is 17.3. The number of anilines is 3. The van der Waals surface area contributed by atoms with E-state index >= 15 is 0 Å². The highest BCUT2D eigenvalue weighted by Gasteiger charge is 2.12. The van der Waals surface area contributed by atoms with Crippen molar-refractivity contribution in [2.75, 3.05) is 44.0 Å². The van der Waals surface area contributed by atoms with Crippen molar-refractivity contribution in [3.05, 3.63) is 60.6 Å². The van der Waals surface area contributed by atoms with Gasteiger partial charge in [-0.1, -0.05) is 12.1 Å². The first-order valence-electron chi connectivity index (χ1n) is 12.0. The number of hydrogen-bond donors (Lipinski definition) is 2. The molecule has 5 rings (SSSR count). The molecule has 3 heterocycles. The molecule has 4 aromatic rings. The maximum atomic E-state index is 6.04. The van der Waals surface area contributed by atoms with Crippen molar-refractivity contribution in [3.63, 3.8) is 0 Å². The second-order valence-corrected chi connectivity index (χ2v) is 8.44. The highest BCUT2D eigenvalue weighted by molar-refractivity contribution is 5.72. The Kier molecular flexibility index (Phi) is 7.24. The lowest BCUT2D eigenvalue weighted by atomic mass is 10.2. The SMILES string of the molecule is COc1ccc(Nc2nccc(NCc3nc4ccccc4o3)n2)cc1OCCCN1CCCC1. The van der Waals surface area contributed by atoms with Gasteiger partial charge in [0, 0.05) is 24.5 Å². The van der Waals surface area contributed by atoms with Crippen molar-refractivity contribution in [1.82, 2.24) is 19.9 Å². The lowest BCUT2D eigenvalue weighted by Gasteiger charge is -2.16. The molecule has 1 aliphatic heterocycles. The summed E-state index contributed by atoms with van der Waals surface area (Å²) >= 11 is 0. The molecule has 1 aliphatic rings. The number of para-hydroxylation sites is 2. The summed E-state index contributed by atoms with van der Waals surface area (Å²) in [5, 5.41) is 6.48. The monoisotopic (exact) mass is 474 g/mol. The molecular weight excluding hydrogens is 444 g/mol. The molecular formula is C26H30N6O3. The predicted molar refractivity (Wildman–Crippen MR) is 135 cm³/mol. The number of hydrogen-bond acceptors (Lipinski definition) is 9. The number of methoxy groups -OCH3 is 1. The van der Waals surface area contributed by atoms with Crippen LogP contribution in [-0.2, 0) is 6.54 Å². The fourth-order valence-electron chi connectivity index (χ4n) is 4.15. The summed E-state index contributed by atoms with van der Waals surface area (Å²) in [4.78, 5) is 15.9. The molecule has 0 saturated carbocycles. The van der Waals surface area contributed by atoms with Gasteiger partial charge in [-0.15, -0.1) is 0 Å². The molecule has 0 atom stereocenters. The Morgan fingerprint density at radius 2 is 1.91 bits per heavy atom. The zero-order valence-electron chi connectivity index (χ0n) is 19.9. The first-order valence-corrected chi connectivity index (χ1v) is 12.0. The molecule has 0 bridgehead atoms. The molecule has 2 N–H and O–H groups in total. The van der Waals surface area contributed by atoms with Gasteiger partial charge in [0.2, 0.25) is 11.8 Å². The molecule has 0 spiro atoms. The van der Waals surface area contributed by atoms with Crippen molar-refractivity contribution in [1.29, 1.82) is 0 Å². The van der Waals surface area contributed by atoms with Gasteiger partial charge in [0.05, 0.1) is 20.3 Å². The number of benzene rings is 2. The Labute approximate surface area is 204 Å². The van der Waals surface area contributed by atoms with Crippen LogP contribution in [0.1, 0.15) is 25.2 Å². The number of oxazole rings is 1. The molecule has 0 aliphatic carbocycles. The third kappa shape index (κ3) is 5.99. The van der Waals surface area contributed by atoms with E-state index in [1.165, 1.54) is 25.9 Å². The normalized spacial score (nSPS) is 13.7. The van der Waals surface area contributed by atoms with Crippen LogP contribution in [0.25, 0.3) is 11.1 Å². The minimum atomic E-state index is 0.420. The molecule has 2 aromatic carbocycles. The molecule has 1 fully saturated rings. The van der Waals surface area contributed by atoms with E-state index < -0.39 is 0 Å². The van der Waals surface area contributed by atoms with Crippen LogP contribution in [0.4, 0.5) is 17.5 Å². The van der Waals surface area contributed by atoms with Crippen LogP contribution in [0.2, 0.25) is 0 Å². The highest BCUT2D eigenvalue weighted by atomic mass is 16.5. The van der Waals surface area contributed by atoms with Crippen LogP contribution in [0.15, 0.2) is 59.1 Å². The largest absolute Gasteiger partial charge is 0.493 e. The summed E-state index contributed by atoms with van der Waals surface area (Å²) < 4.78 is 17.3. The second kappa shape index (κ2) is 11.1. The Morgan fingerprint density at radius 1 is 1.03 bits per heavy atom. The zero-order valence-corrected chi connectivity index (χ0v) is 19.9. The van der Waals surface area contributed by atoms with Gasteiger partial charge in [-0.05, 0) is 62.7 Å². The van der Waals surface area contributed by atoms with Gasteiger partial charge in [-0.3, -0.25) is 0 Å². The fraction of sp³-hybridized carbons (Fsp3) is 0.346. The van der Waals surface area contributed by atoms with Crippen LogP contribution >= 0.6 is 0 Å². The number of ether oxygens (including phenoxy) is 2. The topological polar surface area (TPSA) is 97.6 Å². The number of aromatic nitrogens is 3. The van der Waals surface area contributed by atoms with E-state index in [4.69, 9.17) is 13.9 Å². The quantitative estimate of drug-likeness (QED) is 0.296. The standard InChI is InChI=1S/C26H30N6O3/c1-33-22-10-9-19(17-23(22)34-16-6-15-32-13-4-5-14-32)29-26-27-12-11-24(31-26)28-18-25-30-20-7-2-3-8-21(20)35-25/h2-3,7-12,17H,4-6,13-16,18H2,1H3,(H2,27,28,29,31). The van der Waals surface area contributed by atoms with Crippen molar-refractivity contribution in [3.8, 4) is 11.5 Å². The molecule has 2 aromatic heterocycles. The zero-order chi connectivity index (χ0) is 23.9. The Hall–Kier alpha value is -3.85. The Morgan fingerprint density at radius 3 is 2.77 bits per heavy atom. The van der Waals surface area contributed by atoms with E-state index in [1.807, 2.05) is 42.5 Å². The van der Waals surface area contributed by atoms with E-state index in [0.717, 1.165) is 29.8 Å². The Balaban J connectivity index is 1.18. The highest BCUT2D eigenvalue weighted by Crippen LogP contribution is 2.31. The van der Waals surface area contributed by atoms with Crippen molar-refractivity contribution < 1.29 is 13.9 Å². The number of nitrogens with zero attached hydrogens (tertiary/aromatic N) is 4. The van der Waals surface area contributed by atoms with Gasteiger partial charge in [-0.25, -0.2) is 9.97 Å². The average molecular weight is 475 g/mol. The summed E-state index contributed by atoms with van der Waals surface area (Å²) in [6.45, 7) is 4.53. The third-order valence-corrected chi connectivity index (χ3v) is 5.91. The smallest absolute Gasteiger partial charge is 0.229 e. The minimum absolute atomic E-state index is 0.420. The molecule has 0 unspecified atom stereocenters. The molecule has 9 heteroatoms.